The number of benzene rings is 2. The molecule has 0 bridgehead atoms. The van der Waals surface area contributed by atoms with Crippen molar-refractivity contribution in [1.82, 2.24) is 5.32 Å². The molecule has 0 heterocycles. The second kappa shape index (κ2) is 10.8. The van der Waals surface area contributed by atoms with Gasteiger partial charge in [0.2, 0.25) is 5.91 Å². The number of rotatable bonds is 8. The van der Waals surface area contributed by atoms with Gasteiger partial charge in [-0.15, -0.1) is 24.2 Å². The van der Waals surface area contributed by atoms with Crippen LogP contribution in [0.1, 0.15) is 12.5 Å². The molecule has 0 saturated heterocycles. The topological polar surface area (TPSA) is 64.3 Å². The van der Waals surface area contributed by atoms with Gasteiger partial charge < -0.3 is 15.8 Å². The minimum atomic E-state index is 0. The molecule has 0 unspecified atom stereocenters. The number of carbonyl (C=O) groups excluding carboxylic acids is 1. The quantitative estimate of drug-likeness (QED) is 0.554. The van der Waals surface area contributed by atoms with Crippen LogP contribution >= 0.6 is 24.2 Å². The summed E-state index contributed by atoms with van der Waals surface area (Å²) < 4.78 is 5.39. The molecule has 0 aliphatic rings. The highest BCUT2D eigenvalue weighted by Gasteiger charge is 2.03. The van der Waals surface area contributed by atoms with E-state index in [-0.39, 0.29) is 18.3 Å². The second-order valence-corrected chi connectivity index (χ2v) is 6.08. The van der Waals surface area contributed by atoms with Gasteiger partial charge in [-0.05, 0) is 55.3 Å². The summed E-state index contributed by atoms with van der Waals surface area (Å²) in [5, 5.41) is 2.93. The van der Waals surface area contributed by atoms with E-state index < -0.39 is 0 Å². The summed E-state index contributed by atoms with van der Waals surface area (Å²) in [7, 11) is 0. The van der Waals surface area contributed by atoms with Crippen molar-refractivity contribution in [2.75, 3.05) is 24.6 Å². The molecule has 0 spiro atoms. The van der Waals surface area contributed by atoms with E-state index >= 15 is 0 Å². The van der Waals surface area contributed by atoms with Crippen molar-refractivity contribution in [1.29, 1.82) is 0 Å². The molecule has 0 aromatic heterocycles. The summed E-state index contributed by atoms with van der Waals surface area (Å²) in [6.07, 6.45) is 0.805. The largest absolute Gasteiger partial charge is 0.494 e. The Bertz CT molecular complexity index is 618. The van der Waals surface area contributed by atoms with Gasteiger partial charge in [-0.3, -0.25) is 4.79 Å². The Hall–Kier alpha value is -1.85. The lowest BCUT2D eigenvalue weighted by atomic mass is 10.1. The molecule has 0 fully saturated rings. The van der Waals surface area contributed by atoms with Crippen molar-refractivity contribution in [3.05, 3.63) is 54.1 Å². The van der Waals surface area contributed by atoms with Gasteiger partial charge in [-0.25, -0.2) is 0 Å². The summed E-state index contributed by atoms with van der Waals surface area (Å²) in [6.45, 7) is 3.24. The molecule has 0 radical (unpaired) electrons. The second-order valence-electron chi connectivity index (χ2n) is 5.03. The van der Waals surface area contributed by atoms with Crippen LogP contribution in [0.3, 0.4) is 0 Å². The maximum absolute atomic E-state index is 11.9. The first-order valence-corrected chi connectivity index (χ1v) is 8.62. The third kappa shape index (κ3) is 7.15. The van der Waals surface area contributed by atoms with Crippen molar-refractivity contribution in [2.24, 2.45) is 0 Å². The van der Waals surface area contributed by atoms with Crippen LogP contribution in [-0.2, 0) is 11.2 Å². The number of thioether (sulfide) groups is 1. The molecule has 0 aliphatic heterocycles. The zero-order chi connectivity index (χ0) is 16.5. The Morgan fingerprint density at radius 2 is 1.79 bits per heavy atom. The lowest BCUT2D eigenvalue weighted by molar-refractivity contribution is -0.118. The van der Waals surface area contributed by atoms with Gasteiger partial charge in [0.15, 0.2) is 0 Å². The van der Waals surface area contributed by atoms with Crippen LogP contribution in [0.5, 0.6) is 5.75 Å². The van der Waals surface area contributed by atoms with Crippen LogP contribution in [0, 0.1) is 0 Å². The Labute approximate surface area is 153 Å². The molecule has 130 valence electrons. The van der Waals surface area contributed by atoms with Crippen molar-refractivity contribution >= 4 is 35.8 Å². The lowest BCUT2D eigenvalue weighted by Crippen LogP contribution is -2.27. The molecular formula is C18H23ClN2O2S. The van der Waals surface area contributed by atoms with Crippen LogP contribution in [-0.4, -0.2) is 24.8 Å². The van der Waals surface area contributed by atoms with Gasteiger partial charge in [0, 0.05) is 17.1 Å². The molecule has 2 rings (SSSR count). The number of anilines is 1. The molecule has 0 aliphatic carbocycles. The predicted molar refractivity (Wildman–Crippen MR) is 103 cm³/mol. The number of ether oxygens (including phenoxy) is 1. The maximum Gasteiger partial charge on any atom is 0.230 e. The number of carbonyl (C=O) groups is 1. The number of nitrogens with two attached hydrogens (primary N) is 1. The first kappa shape index (κ1) is 20.2. The average Bonchev–Trinajstić information content (AvgIpc) is 2.56. The molecule has 2 aromatic rings. The van der Waals surface area contributed by atoms with Crippen molar-refractivity contribution in [3.8, 4) is 5.75 Å². The SMILES string of the molecule is CCOc1ccc(SCC(=O)NCCc2ccc(N)cc2)cc1.Cl. The van der Waals surface area contributed by atoms with Crippen LogP contribution in [0.15, 0.2) is 53.4 Å². The van der Waals surface area contributed by atoms with E-state index in [9.17, 15) is 4.79 Å². The van der Waals surface area contributed by atoms with Crippen molar-refractivity contribution in [3.63, 3.8) is 0 Å². The molecule has 2 aromatic carbocycles. The van der Waals surface area contributed by atoms with Crippen LogP contribution in [0.25, 0.3) is 0 Å². The average molecular weight is 367 g/mol. The first-order valence-electron chi connectivity index (χ1n) is 7.64. The summed E-state index contributed by atoms with van der Waals surface area (Å²) in [4.78, 5) is 12.9. The number of nitrogen functional groups attached to an aromatic ring is 1. The van der Waals surface area contributed by atoms with Gasteiger partial charge in [-0.2, -0.15) is 0 Å². The zero-order valence-corrected chi connectivity index (χ0v) is 15.3. The highest BCUT2D eigenvalue weighted by Crippen LogP contribution is 2.21. The van der Waals surface area contributed by atoms with E-state index in [1.54, 1.807) is 0 Å². The number of halogens is 1. The van der Waals surface area contributed by atoms with E-state index in [1.165, 1.54) is 17.3 Å². The summed E-state index contributed by atoms with van der Waals surface area (Å²) in [6, 6.07) is 15.5. The normalized spacial score (nSPS) is 9.88. The molecule has 3 N–H and O–H groups in total. The predicted octanol–water partition coefficient (Wildman–Crippen LogP) is 3.54. The Morgan fingerprint density at radius 1 is 1.12 bits per heavy atom. The third-order valence-corrected chi connectivity index (χ3v) is 4.23. The standard InChI is InChI=1S/C18H22N2O2S.ClH/c1-2-22-16-7-9-17(10-8-16)23-13-18(21)20-12-11-14-3-5-15(19)6-4-14;/h3-10H,2,11-13,19H2,1H3,(H,20,21);1H. The zero-order valence-electron chi connectivity index (χ0n) is 13.7. The third-order valence-electron chi connectivity index (χ3n) is 3.22. The van der Waals surface area contributed by atoms with Gasteiger partial charge in [0.05, 0.1) is 12.4 Å². The van der Waals surface area contributed by atoms with E-state index in [0.717, 1.165) is 22.8 Å². The van der Waals surface area contributed by atoms with E-state index in [0.29, 0.717) is 18.9 Å². The number of amides is 1. The summed E-state index contributed by atoms with van der Waals surface area (Å²) >= 11 is 1.52. The van der Waals surface area contributed by atoms with Crippen LogP contribution in [0.2, 0.25) is 0 Å². The maximum atomic E-state index is 11.9. The van der Waals surface area contributed by atoms with Gasteiger partial charge in [0.25, 0.3) is 0 Å². The minimum absolute atomic E-state index is 0. The van der Waals surface area contributed by atoms with Crippen molar-refractivity contribution < 1.29 is 9.53 Å². The monoisotopic (exact) mass is 366 g/mol. The smallest absolute Gasteiger partial charge is 0.230 e. The molecule has 24 heavy (non-hydrogen) atoms. The summed E-state index contributed by atoms with van der Waals surface area (Å²) in [5.74, 6) is 1.31. The number of hydrogen-bond donors (Lipinski definition) is 2. The molecular weight excluding hydrogens is 344 g/mol. The first-order chi connectivity index (χ1) is 11.2. The van der Waals surface area contributed by atoms with Gasteiger partial charge in [0.1, 0.15) is 5.75 Å². The fraction of sp³-hybridized carbons (Fsp3) is 0.278. The highest BCUT2D eigenvalue weighted by atomic mass is 35.5. The lowest BCUT2D eigenvalue weighted by Gasteiger charge is -2.07. The van der Waals surface area contributed by atoms with Crippen LogP contribution in [0.4, 0.5) is 5.69 Å². The molecule has 0 atom stereocenters. The van der Waals surface area contributed by atoms with Gasteiger partial charge >= 0.3 is 0 Å². The van der Waals surface area contributed by atoms with Crippen molar-refractivity contribution in [2.45, 2.75) is 18.2 Å². The van der Waals surface area contributed by atoms with E-state index in [4.69, 9.17) is 10.5 Å². The fourth-order valence-electron chi connectivity index (χ4n) is 2.03. The fourth-order valence-corrected chi connectivity index (χ4v) is 2.76. The van der Waals surface area contributed by atoms with E-state index in [1.807, 2.05) is 55.5 Å². The number of hydrogen-bond acceptors (Lipinski definition) is 4. The molecule has 0 saturated carbocycles. The highest BCUT2D eigenvalue weighted by molar-refractivity contribution is 8.00. The molecule has 1 amide bonds. The Kier molecular flexibility index (Phi) is 9.12. The summed E-state index contributed by atoms with van der Waals surface area (Å²) in [5.41, 5.74) is 7.56. The van der Waals surface area contributed by atoms with Gasteiger partial charge in [-0.1, -0.05) is 12.1 Å². The minimum Gasteiger partial charge on any atom is -0.494 e. The Morgan fingerprint density at radius 3 is 2.42 bits per heavy atom. The van der Waals surface area contributed by atoms with Crippen LogP contribution < -0.4 is 15.8 Å². The molecule has 4 nitrogen and oxygen atoms in total. The number of nitrogens with one attached hydrogen (secondary N) is 1. The Balaban J connectivity index is 0.00000288. The molecule has 6 heteroatoms. The van der Waals surface area contributed by atoms with E-state index in [2.05, 4.69) is 5.32 Å².